The molecule has 0 aromatic carbocycles. The maximum atomic E-state index is 12.6. The summed E-state index contributed by atoms with van der Waals surface area (Å²) < 4.78 is 30.8. The average molecular weight is 342 g/mol. The van der Waals surface area contributed by atoms with Crippen LogP contribution in [0.1, 0.15) is 19.5 Å². The minimum atomic E-state index is -4.17. The van der Waals surface area contributed by atoms with Gasteiger partial charge in [-0.2, -0.15) is 4.72 Å². The summed E-state index contributed by atoms with van der Waals surface area (Å²) in [5.74, 6) is 0. The molecule has 0 aliphatic rings. The normalized spacial score (nSPS) is 12.6. The van der Waals surface area contributed by atoms with Crippen molar-refractivity contribution in [3.05, 3.63) is 38.9 Å². The number of nitrogens with zero attached hydrogens (tertiary/aromatic N) is 5. The van der Waals surface area contributed by atoms with Gasteiger partial charge in [-0.15, -0.1) is 5.10 Å². The van der Waals surface area contributed by atoms with E-state index in [1.807, 2.05) is 0 Å². The molecule has 1 N–H and O–H groups in total. The highest BCUT2D eigenvalue weighted by atomic mass is 32.2. The van der Waals surface area contributed by atoms with Crippen molar-refractivity contribution in [1.29, 1.82) is 0 Å². The number of sulfonamides is 1. The lowest BCUT2D eigenvalue weighted by atomic mass is 10.0. The number of nitrogens with one attached hydrogen (secondary N) is 1. The molecule has 10 nitrogen and oxygen atoms in total. The summed E-state index contributed by atoms with van der Waals surface area (Å²) in [5.41, 5.74) is -2.20. The first-order chi connectivity index (χ1) is 10.5. The van der Waals surface area contributed by atoms with Crippen LogP contribution in [0.3, 0.4) is 0 Å². The van der Waals surface area contributed by atoms with Crippen LogP contribution in [0, 0.1) is 0 Å². The van der Waals surface area contributed by atoms with Gasteiger partial charge in [-0.3, -0.25) is 14.0 Å². The molecule has 11 heteroatoms. The lowest BCUT2D eigenvalue weighted by molar-refractivity contribution is 0.457. The quantitative estimate of drug-likeness (QED) is 0.716. The maximum absolute atomic E-state index is 12.6. The summed E-state index contributed by atoms with van der Waals surface area (Å²) in [7, 11) is 0.0766. The van der Waals surface area contributed by atoms with Crippen molar-refractivity contribution in [2.24, 2.45) is 21.1 Å². The molecule has 2 rings (SSSR count). The van der Waals surface area contributed by atoms with Gasteiger partial charge >= 0.3 is 5.69 Å². The van der Waals surface area contributed by atoms with Gasteiger partial charge in [-0.25, -0.2) is 13.2 Å². The monoisotopic (exact) mass is 342 g/mol. The highest BCUT2D eigenvalue weighted by Crippen LogP contribution is 2.19. The smallest absolute Gasteiger partial charge is 0.302 e. The van der Waals surface area contributed by atoms with Crippen LogP contribution in [-0.4, -0.2) is 32.5 Å². The van der Waals surface area contributed by atoms with Gasteiger partial charge in [0.1, 0.15) is 5.69 Å². The standard InChI is InChI=1S/C12H18N6O4S/c1-12(2,9-7-17(4)15-13-9)14-23(21,22)8-6-16(3)11(20)18(5)10(8)19/h6-7,14H,1-5H3. The lowest BCUT2D eigenvalue weighted by Gasteiger charge is -2.23. The molecule has 2 heterocycles. The Hall–Kier alpha value is -2.27. The van der Waals surface area contributed by atoms with Crippen molar-refractivity contribution in [1.82, 2.24) is 28.9 Å². The van der Waals surface area contributed by atoms with E-state index in [1.165, 1.54) is 18.8 Å². The van der Waals surface area contributed by atoms with Crippen LogP contribution in [0.4, 0.5) is 0 Å². The Balaban J connectivity index is 2.52. The summed E-state index contributed by atoms with van der Waals surface area (Å²) in [4.78, 5) is 23.3. The first-order valence-electron chi connectivity index (χ1n) is 6.63. The average Bonchev–Trinajstić information content (AvgIpc) is 2.86. The fourth-order valence-corrected chi connectivity index (χ4v) is 3.59. The van der Waals surface area contributed by atoms with Gasteiger partial charge in [0.25, 0.3) is 5.56 Å². The van der Waals surface area contributed by atoms with Crippen LogP contribution in [0.25, 0.3) is 0 Å². The lowest BCUT2D eigenvalue weighted by Crippen LogP contribution is -2.46. The zero-order chi connectivity index (χ0) is 17.6. The Morgan fingerprint density at radius 3 is 2.26 bits per heavy atom. The zero-order valence-electron chi connectivity index (χ0n) is 13.4. The van der Waals surface area contributed by atoms with Crippen LogP contribution < -0.4 is 16.0 Å². The summed E-state index contributed by atoms with van der Waals surface area (Å²) in [6.45, 7) is 3.20. The molecular formula is C12H18N6O4S. The third-order valence-electron chi connectivity index (χ3n) is 3.34. The second-order valence-corrected chi connectivity index (χ2v) is 7.41. The van der Waals surface area contributed by atoms with E-state index in [9.17, 15) is 18.0 Å². The van der Waals surface area contributed by atoms with Crippen molar-refractivity contribution in [2.45, 2.75) is 24.3 Å². The molecule has 0 unspecified atom stereocenters. The van der Waals surface area contributed by atoms with Crippen molar-refractivity contribution >= 4 is 10.0 Å². The van der Waals surface area contributed by atoms with Crippen LogP contribution in [0.5, 0.6) is 0 Å². The van der Waals surface area contributed by atoms with Gasteiger partial charge in [0.2, 0.25) is 10.0 Å². The van der Waals surface area contributed by atoms with E-state index in [0.717, 1.165) is 15.3 Å². The zero-order valence-corrected chi connectivity index (χ0v) is 14.2. The van der Waals surface area contributed by atoms with Gasteiger partial charge in [-0.1, -0.05) is 5.21 Å². The van der Waals surface area contributed by atoms with Gasteiger partial charge in [0.05, 0.1) is 11.7 Å². The molecule has 23 heavy (non-hydrogen) atoms. The van der Waals surface area contributed by atoms with E-state index < -0.39 is 31.7 Å². The molecule has 0 radical (unpaired) electrons. The maximum Gasteiger partial charge on any atom is 0.330 e. The van der Waals surface area contributed by atoms with Crippen LogP contribution in [0.15, 0.2) is 26.9 Å². The van der Waals surface area contributed by atoms with Crippen LogP contribution >= 0.6 is 0 Å². The van der Waals surface area contributed by atoms with Gasteiger partial charge in [0, 0.05) is 27.3 Å². The fraction of sp³-hybridized carbons (Fsp3) is 0.500. The molecule has 0 bridgehead atoms. The Morgan fingerprint density at radius 1 is 1.13 bits per heavy atom. The minimum Gasteiger partial charge on any atom is -0.302 e. The minimum absolute atomic E-state index is 0.394. The van der Waals surface area contributed by atoms with Gasteiger partial charge < -0.3 is 4.57 Å². The van der Waals surface area contributed by atoms with E-state index >= 15 is 0 Å². The molecular weight excluding hydrogens is 324 g/mol. The molecule has 0 aliphatic heterocycles. The number of aryl methyl sites for hydroxylation is 2. The molecule has 0 atom stereocenters. The Kier molecular flexibility index (Phi) is 4.03. The number of rotatable bonds is 4. The number of hydrogen-bond donors (Lipinski definition) is 1. The summed E-state index contributed by atoms with van der Waals surface area (Å²) in [5, 5.41) is 7.65. The van der Waals surface area contributed by atoms with Crippen LogP contribution in [0.2, 0.25) is 0 Å². The fourth-order valence-electron chi connectivity index (χ4n) is 2.04. The van der Waals surface area contributed by atoms with E-state index in [1.54, 1.807) is 27.1 Å². The van der Waals surface area contributed by atoms with Crippen molar-refractivity contribution in [3.8, 4) is 0 Å². The Bertz CT molecular complexity index is 966. The van der Waals surface area contributed by atoms with E-state index in [2.05, 4.69) is 15.0 Å². The van der Waals surface area contributed by atoms with E-state index in [4.69, 9.17) is 0 Å². The SMILES string of the molecule is Cn1cc(C(C)(C)NS(=O)(=O)c2cn(C)c(=O)n(C)c2=O)nn1. The Labute approximate surface area is 132 Å². The third-order valence-corrected chi connectivity index (χ3v) is 4.98. The van der Waals surface area contributed by atoms with Crippen molar-refractivity contribution < 1.29 is 8.42 Å². The second kappa shape index (κ2) is 5.42. The van der Waals surface area contributed by atoms with Crippen molar-refractivity contribution in [3.63, 3.8) is 0 Å². The predicted octanol–water partition coefficient (Wildman–Crippen LogP) is -1.57. The third kappa shape index (κ3) is 3.10. The highest BCUT2D eigenvalue weighted by Gasteiger charge is 2.32. The predicted molar refractivity (Wildman–Crippen MR) is 81.3 cm³/mol. The Morgan fingerprint density at radius 2 is 1.74 bits per heavy atom. The molecule has 0 fully saturated rings. The largest absolute Gasteiger partial charge is 0.330 e. The van der Waals surface area contributed by atoms with E-state index in [0.29, 0.717) is 5.69 Å². The van der Waals surface area contributed by atoms with Gasteiger partial charge in [-0.05, 0) is 13.8 Å². The summed E-state index contributed by atoms with van der Waals surface area (Å²) in [6, 6.07) is 0. The number of hydrogen-bond acceptors (Lipinski definition) is 6. The van der Waals surface area contributed by atoms with Crippen LogP contribution in [-0.2, 0) is 36.7 Å². The first-order valence-corrected chi connectivity index (χ1v) is 8.11. The molecule has 0 saturated heterocycles. The van der Waals surface area contributed by atoms with Crippen molar-refractivity contribution in [2.75, 3.05) is 0 Å². The number of aromatic nitrogens is 5. The molecule has 2 aromatic heterocycles. The molecule has 0 saturated carbocycles. The van der Waals surface area contributed by atoms with Gasteiger partial charge in [0.15, 0.2) is 4.90 Å². The van der Waals surface area contributed by atoms with E-state index in [-0.39, 0.29) is 0 Å². The summed E-state index contributed by atoms with van der Waals surface area (Å²) in [6.07, 6.45) is 2.57. The first kappa shape index (κ1) is 17.1. The molecule has 126 valence electrons. The second-order valence-electron chi connectivity index (χ2n) is 5.76. The summed E-state index contributed by atoms with van der Waals surface area (Å²) >= 11 is 0. The highest BCUT2D eigenvalue weighted by molar-refractivity contribution is 7.89. The molecule has 2 aromatic rings. The molecule has 0 amide bonds. The topological polar surface area (TPSA) is 121 Å². The molecule has 0 aliphatic carbocycles. The molecule has 0 spiro atoms.